The molecule has 0 saturated carbocycles. The minimum Gasteiger partial charge on any atom is -0.491 e. The van der Waals surface area contributed by atoms with Gasteiger partial charge >= 0.3 is 0 Å². The number of hydrogen-bond acceptors (Lipinski definition) is 6. The van der Waals surface area contributed by atoms with Crippen molar-refractivity contribution in [3.8, 4) is 23.1 Å². The summed E-state index contributed by atoms with van der Waals surface area (Å²) in [5, 5.41) is 0.665. The van der Waals surface area contributed by atoms with E-state index in [1.165, 1.54) is 17.7 Å². The van der Waals surface area contributed by atoms with Crippen molar-refractivity contribution in [2.45, 2.75) is 13.5 Å². The average molecular weight is 424 g/mol. The summed E-state index contributed by atoms with van der Waals surface area (Å²) in [6.07, 6.45) is 4.67. The molecule has 0 aliphatic carbocycles. The molecule has 1 aromatic carbocycles. The second-order valence-corrected chi connectivity index (χ2v) is 6.97. The van der Waals surface area contributed by atoms with Gasteiger partial charge in [-0.15, -0.1) is 0 Å². The lowest BCUT2D eigenvalue weighted by Gasteiger charge is -2.12. The summed E-state index contributed by atoms with van der Waals surface area (Å²) in [5.74, 6) is 1.68. The number of aryl methyl sites for hydroxylation is 1. The fourth-order valence-electron chi connectivity index (χ4n) is 2.80. The Morgan fingerprint density at radius 3 is 2.60 bits per heavy atom. The summed E-state index contributed by atoms with van der Waals surface area (Å²) in [7, 11) is 1.53. The number of pyridine rings is 2. The number of ether oxygens (including phenoxy) is 3. The van der Waals surface area contributed by atoms with Gasteiger partial charge in [-0.3, -0.25) is 9.20 Å². The molecule has 0 saturated heterocycles. The molecule has 0 fully saturated rings. The lowest BCUT2D eigenvalue weighted by atomic mass is 10.2. The van der Waals surface area contributed by atoms with Crippen LogP contribution in [-0.2, 0) is 6.61 Å². The third-order valence-electron chi connectivity index (χ3n) is 4.38. The van der Waals surface area contributed by atoms with Crippen molar-refractivity contribution < 1.29 is 14.2 Å². The van der Waals surface area contributed by atoms with Crippen LogP contribution in [0.5, 0.6) is 23.1 Å². The first kappa shape index (κ1) is 19.7. The molecule has 4 aromatic rings. The number of aromatic nitrogens is 3. The summed E-state index contributed by atoms with van der Waals surface area (Å²) in [4.78, 5) is 20.8. The number of rotatable bonds is 6. The highest BCUT2D eigenvalue weighted by molar-refractivity contribution is 6.30. The lowest BCUT2D eigenvalue weighted by Crippen LogP contribution is -2.16. The molecule has 3 heterocycles. The molecule has 7 nitrogen and oxygen atoms in total. The molecular formula is C22H18ClN3O4. The molecule has 0 spiro atoms. The van der Waals surface area contributed by atoms with Gasteiger partial charge in [0.25, 0.3) is 11.4 Å². The Kier molecular flexibility index (Phi) is 5.54. The molecule has 0 aliphatic heterocycles. The fraction of sp³-hybridized carbons (Fsp3) is 0.136. The van der Waals surface area contributed by atoms with Crippen molar-refractivity contribution in [1.29, 1.82) is 0 Å². The van der Waals surface area contributed by atoms with Crippen molar-refractivity contribution in [3.05, 3.63) is 87.6 Å². The molecular weight excluding hydrogens is 406 g/mol. The highest BCUT2D eigenvalue weighted by Crippen LogP contribution is 2.31. The maximum absolute atomic E-state index is 12.3. The van der Waals surface area contributed by atoms with Crippen molar-refractivity contribution in [1.82, 2.24) is 14.4 Å². The standard InChI is InChI=1S/C22H18ClN3O4/c1-14-10-24-20-8-7-17(12-26(20)22(14)27)30-18-9-19(28-2)21(25-11-18)29-13-15-3-5-16(23)6-4-15/h3-12H,13H2,1-2H3. The molecule has 152 valence electrons. The second-order valence-electron chi connectivity index (χ2n) is 6.54. The Morgan fingerprint density at radius 2 is 1.83 bits per heavy atom. The predicted molar refractivity (Wildman–Crippen MR) is 113 cm³/mol. The predicted octanol–water partition coefficient (Wildman–Crippen LogP) is 4.43. The van der Waals surface area contributed by atoms with Gasteiger partial charge in [-0.2, -0.15) is 0 Å². The number of benzene rings is 1. The van der Waals surface area contributed by atoms with Gasteiger partial charge in [0, 0.05) is 22.8 Å². The molecule has 0 radical (unpaired) electrons. The van der Waals surface area contributed by atoms with Gasteiger partial charge in [-0.05, 0) is 36.8 Å². The zero-order chi connectivity index (χ0) is 21.1. The minimum atomic E-state index is -0.146. The van der Waals surface area contributed by atoms with E-state index >= 15 is 0 Å². The SMILES string of the molecule is COc1cc(Oc2ccc3ncc(C)c(=O)n3c2)cnc1OCc1ccc(Cl)cc1. The highest BCUT2D eigenvalue weighted by Gasteiger charge is 2.11. The number of hydrogen-bond donors (Lipinski definition) is 0. The van der Waals surface area contributed by atoms with Gasteiger partial charge < -0.3 is 14.2 Å². The Balaban J connectivity index is 1.54. The number of nitrogens with zero attached hydrogens (tertiary/aromatic N) is 3. The summed E-state index contributed by atoms with van der Waals surface area (Å²) in [5.41, 5.74) is 1.90. The molecule has 0 unspecified atom stereocenters. The quantitative estimate of drug-likeness (QED) is 0.456. The van der Waals surface area contributed by atoms with Crippen LogP contribution in [0.15, 0.2) is 65.8 Å². The van der Waals surface area contributed by atoms with Crippen LogP contribution in [0.2, 0.25) is 5.02 Å². The summed E-state index contributed by atoms with van der Waals surface area (Å²) in [6, 6.07) is 12.5. The molecule has 3 aromatic heterocycles. The van der Waals surface area contributed by atoms with E-state index in [0.29, 0.717) is 46.0 Å². The zero-order valence-corrected chi connectivity index (χ0v) is 17.1. The van der Waals surface area contributed by atoms with Crippen LogP contribution in [0.3, 0.4) is 0 Å². The maximum Gasteiger partial charge on any atom is 0.260 e. The largest absolute Gasteiger partial charge is 0.491 e. The first-order chi connectivity index (χ1) is 14.5. The smallest absolute Gasteiger partial charge is 0.260 e. The third kappa shape index (κ3) is 4.21. The monoisotopic (exact) mass is 423 g/mol. The minimum absolute atomic E-state index is 0.146. The van der Waals surface area contributed by atoms with E-state index in [1.807, 2.05) is 12.1 Å². The molecule has 0 aliphatic rings. The third-order valence-corrected chi connectivity index (χ3v) is 4.64. The van der Waals surface area contributed by atoms with Crippen LogP contribution in [0.4, 0.5) is 0 Å². The van der Waals surface area contributed by atoms with Crippen LogP contribution in [0.1, 0.15) is 11.1 Å². The summed E-state index contributed by atoms with van der Waals surface area (Å²) >= 11 is 5.90. The molecule has 0 bridgehead atoms. The van der Waals surface area contributed by atoms with Crippen LogP contribution in [0.25, 0.3) is 5.65 Å². The van der Waals surface area contributed by atoms with Gasteiger partial charge in [0.05, 0.1) is 19.5 Å². The van der Waals surface area contributed by atoms with E-state index in [-0.39, 0.29) is 5.56 Å². The Morgan fingerprint density at radius 1 is 1.03 bits per heavy atom. The van der Waals surface area contributed by atoms with Crippen molar-refractivity contribution in [2.24, 2.45) is 0 Å². The molecule has 0 atom stereocenters. The Labute approximate surface area is 177 Å². The van der Waals surface area contributed by atoms with Crippen LogP contribution < -0.4 is 19.8 Å². The Bertz CT molecular complexity index is 1260. The number of methoxy groups -OCH3 is 1. The zero-order valence-electron chi connectivity index (χ0n) is 16.3. The van der Waals surface area contributed by atoms with E-state index in [1.54, 1.807) is 49.6 Å². The average Bonchev–Trinajstić information content (AvgIpc) is 2.76. The molecule has 0 N–H and O–H groups in total. The first-order valence-corrected chi connectivity index (χ1v) is 9.48. The number of halogens is 1. The summed E-state index contributed by atoms with van der Waals surface area (Å²) in [6.45, 7) is 2.04. The fourth-order valence-corrected chi connectivity index (χ4v) is 2.93. The van der Waals surface area contributed by atoms with E-state index in [0.717, 1.165) is 5.56 Å². The first-order valence-electron chi connectivity index (χ1n) is 9.10. The van der Waals surface area contributed by atoms with E-state index in [4.69, 9.17) is 25.8 Å². The normalized spacial score (nSPS) is 10.8. The van der Waals surface area contributed by atoms with Gasteiger partial charge in [0.1, 0.15) is 23.8 Å². The molecule has 8 heteroatoms. The van der Waals surface area contributed by atoms with Crippen molar-refractivity contribution in [3.63, 3.8) is 0 Å². The van der Waals surface area contributed by atoms with Crippen LogP contribution in [0, 0.1) is 6.92 Å². The number of fused-ring (bicyclic) bond motifs is 1. The van der Waals surface area contributed by atoms with Gasteiger partial charge in [-0.1, -0.05) is 23.7 Å². The van der Waals surface area contributed by atoms with Crippen LogP contribution in [-0.4, -0.2) is 21.5 Å². The van der Waals surface area contributed by atoms with E-state index < -0.39 is 0 Å². The van der Waals surface area contributed by atoms with Crippen molar-refractivity contribution in [2.75, 3.05) is 7.11 Å². The molecule has 30 heavy (non-hydrogen) atoms. The van der Waals surface area contributed by atoms with E-state index in [2.05, 4.69) is 9.97 Å². The van der Waals surface area contributed by atoms with Crippen LogP contribution >= 0.6 is 11.6 Å². The van der Waals surface area contributed by atoms with Crippen molar-refractivity contribution >= 4 is 17.2 Å². The maximum atomic E-state index is 12.3. The highest BCUT2D eigenvalue weighted by atomic mass is 35.5. The van der Waals surface area contributed by atoms with E-state index in [9.17, 15) is 4.79 Å². The molecule has 4 rings (SSSR count). The second kappa shape index (κ2) is 8.42. The molecule has 0 amide bonds. The van der Waals surface area contributed by atoms with Gasteiger partial charge in [-0.25, -0.2) is 9.97 Å². The van der Waals surface area contributed by atoms with Gasteiger partial charge in [0.15, 0.2) is 5.75 Å². The van der Waals surface area contributed by atoms with Gasteiger partial charge in [0.2, 0.25) is 0 Å². The Hall–Kier alpha value is -3.58. The lowest BCUT2D eigenvalue weighted by molar-refractivity contribution is 0.271. The topological polar surface area (TPSA) is 75.0 Å². The summed E-state index contributed by atoms with van der Waals surface area (Å²) < 4.78 is 18.4.